The molecule has 1 rings (SSSR count). The lowest BCUT2D eigenvalue weighted by Crippen LogP contribution is -2.44. The lowest BCUT2D eigenvalue weighted by atomic mass is 9.82. The topological polar surface area (TPSA) is 58.2 Å². The van der Waals surface area contributed by atoms with Gasteiger partial charge in [0, 0.05) is 19.5 Å². The van der Waals surface area contributed by atoms with Gasteiger partial charge in [0.25, 0.3) is 0 Å². The van der Waals surface area contributed by atoms with Crippen molar-refractivity contribution in [1.82, 2.24) is 10.6 Å². The van der Waals surface area contributed by atoms with Crippen LogP contribution in [0.2, 0.25) is 0 Å². The third-order valence-electron chi connectivity index (χ3n) is 3.70. The van der Waals surface area contributed by atoms with Crippen molar-refractivity contribution in [2.24, 2.45) is 17.3 Å². The fourth-order valence-corrected chi connectivity index (χ4v) is 1.66. The van der Waals surface area contributed by atoms with E-state index in [0.717, 1.165) is 0 Å². The minimum atomic E-state index is -0.0557. The molecular weight excluding hydrogens is 216 g/mol. The molecule has 0 saturated carbocycles. The molecule has 4 heteroatoms. The van der Waals surface area contributed by atoms with Gasteiger partial charge in [-0.1, -0.05) is 27.7 Å². The van der Waals surface area contributed by atoms with E-state index in [4.69, 9.17) is 0 Å². The first-order valence-electron chi connectivity index (χ1n) is 6.35. The quantitative estimate of drug-likeness (QED) is 0.781. The van der Waals surface area contributed by atoms with Crippen LogP contribution < -0.4 is 10.6 Å². The lowest BCUT2D eigenvalue weighted by molar-refractivity contribution is -0.129. The molecule has 2 atom stereocenters. The number of hydrogen-bond acceptors (Lipinski definition) is 2. The van der Waals surface area contributed by atoms with Crippen molar-refractivity contribution < 1.29 is 9.59 Å². The third-order valence-corrected chi connectivity index (χ3v) is 3.70. The van der Waals surface area contributed by atoms with Crippen LogP contribution in [0.15, 0.2) is 0 Å². The summed E-state index contributed by atoms with van der Waals surface area (Å²) in [5.41, 5.74) is 0.202. The number of carbonyl (C=O) groups is 2. The van der Waals surface area contributed by atoms with Crippen molar-refractivity contribution in [3.05, 3.63) is 0 Å². The van der Waals surface area contributed by atoms with Crippen molar-refractivity contribution in [3.63, 3.8) is 0 Å². The second-order valence-electron chi connectivity index (χ2n) is 6.05. The fourth-order valence-electron chi connectivity index (χ4n) is 1.66. The van der Waals surface area contributed by atoms with E-state index >= 15 is 0 Å². The summed E-state index contributed by atoms with van der Waals surface area (Å²) >= 11 is 0. The SMILES string of the molecule is CC(CNC(=O)C1CCC(=O)NC1)C(C)(C)C. The highest BCUT2D eigenvalue weighted by molar-refractivity contribution is 5.83. The second-order valence-corrected chi connectivity index (χ2v) is 6.05. The predicted molar refractivity (Wildman–Crippen MR) is 67.4 cm³/mol. The molecule has 1 aliphatic heterocycles. The molecule has 0 spiro atoms. The van der Waals surface area contributed by atoms with E-state index in [9.17, 15) is 9.59 Å². The van der Waals surface area contributed by atoms with Gasteiger partial charge in [0.05, 0.1) is 5.92 Å². The zero-order chi connectivity index (χ0) is 13.1. The molecule has 0 aromatic carbocycles. The fraction of sp³-hybridized carbons (Fsp3) is 0.846. The molecule has 1 saturated heterocycles. The Kier molecular flexibility index (Phi) is 4.54. The first-order chi connectivity index (χ1) is 7.80. The first kappa shape index (κ1) is 14.0. The van der Waals surface area contributed by atoms with Crippen LogP contribution in [0.5, 0.6) is 0 Å². The normalized spacial score (nSPS) is 22.8. The molecular formula is C13H24N2O2. The molecule has 0 aromatic rings. The highest BCUT2D eigenvalue weighted by Gasteiger charge is 2.26. The second kappa shape index (κ2) is 5.52. The van der Waals surface area contributed by atoms with Gasteiger partial charge < -0.3 is 10.6 Å². The molecule has 0 aliphatic carbocycles. The van der Waals surface area contributed by atoms with Crippen molar-refractivity contribution in [2.45, 2.75) is 40.5 Å². The Morgan fingerprint density at radius 2 is 2.18 bits per heavy atom. The van der Waals surface area contributed by atoms with Gasteiger partial charge >= 0.3 is 0 Å². The Labute approximate surface area is 104 Å². The Morgan fingerprint density at radius 1 is 1.53 bits per heavy atom. The molecule has 2 N–H and O–H groups in total. The summed E-state index contributed by atoms with van der Waals surface area (Å²) in [4.78, 5) is 22.9. The van der Waals surface area contributed by atoms with Crippen LogP contribution in [0.1, 0.15) is 40.5 Å². The maximum atomic E-state index is 11.9. The molecule has 17 heavy (non-hydrogen) atoms. The molecule has 4 nitrogen and oxygen atoms in total. The van der Waals surface area contributed by atoms with E-state index in [1.54, 1.807) is 0 Å². The van der Waals surface area contributed by atoms with Crippen LogP contribution in [0, 0.1) is 17.3 Å². The largest absolute Gasteiger partial charge is 0.356 e. The van der Waals surface area contributed by atoms with Crippen LogP contribution in [0.3, 0.4) is 0 Å². The highest BCUT2D eigenvalue weighted by atomic mass is 16.2. The average Bonchev–Trinajstić information content (AvgIpc) is 2.25. The minimum Gasteiger partial charge on any atom is -0.356 e. The molecule has 1 heterocycles. The van der Waals surface area contributed by atoms with Crippen LogP contribution >= 0.6 is 0 Å². The average molecular weight is 240 g/mol. The molecule has 98 valence electrons. The van der Waals surface area contributed by atoms with Gasteiger partial charge in [0.15, 0.2) is 0 Å². The van der Waals surface area contributed by atoms with Gasteiger partial charge in [-0.15, -0.1) is 0 Å². The number of rotatable bonds is 3. The molecule has 1 fully saturated rings. The maximum absolute atomic E-state index is 11.9. The van der Waals surface area contributed by atoms with Crippen molar-refractivity contribution in [1.29, 1.82) is 0 Å². The molecule has 1 aliphatic rings. The maximum Gasteiger partial charge on any atom is 0.224 e. The summed E-state index contributed by atoms with van der Waals surface area (Å²) < 4.78 is 0. The van der Waals surface area contributed by atoms with E-state index < -0.39 is 0 Å². The first-order valence-corrected chi connectivity index (χ1v) is 6.35. The number of carbonyl (C=O) groups excluding carboxylic acids is 2. The predicted octanol–water partition coefficient (Wildman–Crippen LogP) is 1.31. The van der Waals surface area contributed by atoms with Crippen LogP contribution in [-0.2, 0) is 9.59 Å². The summed E-state index contributed by atoms with van der Waals surface area (Å²) in [6.07, 6.45) is 1.13. The summed E-state index contributed by atoms with van der Waals surface area (Å²) in [5.74, 6) is 0.503. The van der Waals surface area contributed by atoms with Crippen LogP contribution in [0.25, 0.3) is 0 Å². The van der Waals surface area contributed by atoms with Crippen molar-refractivity contribution in [2.75, 3.05) is 13.1 Å². The Morgan fingerprint density at radius 3 is 2.65 bits per heavy atom. The van der Waals surface area contributed by atoms with Gasteiger partial charge in [-0.25, -0.2) is 0 Å². The Balaban J connectivity index is 2.32. The molecule has 0 aromatic heterocycles. The molecule has 0 bridgehead atoms. The van der Waals surface area contributed by atoms with E-state index in [1.807, 2.05) is 0 Å². The third kappa shape index (κ3) is 4.36. The summed E-state index contributed by atoms with van der Waals surface area (Å²) in [6.45, 7) is 9.84. The minimum absolute atomic E-state index is 0.0529. The van der Waals surface area contributed by atoms with E-state index in [0.29, 0.717) is 31.8 Å². The number of nitrogens with one attached hydrogen (secondary N) is 2. The van der Waals surface area contributed by atoms with E-state index in [-0.39, 0.29) is 23.1 Å². The summed E-state index contributed by atoms with van der Waals surface area (Å²) in [5, 5.41) is 5.71. The zero-order valence-corrected chi connectivity index (χ0v) is 11.3. The number of hydrogen-bond donors (Lipinski definition) is 2. The van der Waals surface area contributed by atoms with Crippen molar-refractivity contribution >= 4 is 11.8 Å². The van der Waals surface area contributed by atoms with Gasteiger partial charge in [0.2, 0.25) is 11.8 Å². The summed E-state index contributed by atoms with van der Waals surface area (Å²) in [6, 6.07) is 0. The van der Waals surface area contributed by atoms with E-state index in [2.05, 4.69) is 38.3 Å². The smallest absolute Gasteiger partial charge is 0.224 e. The van der Waals surface area contributed by atoms with Gasteiger partial charge in [-0.3, -0.25) is 9.59 Å². The standard InChI is InChI=1S/C13H24N2O2/c1-9(13(2,3)4)7-15-12(17)10-5-6-11(16)14-8-10/h9-10H,5-8H2,1-4H3,(H,14,16)(H,15,17). The van der Waals surface area contributed by atoms with Gasteiger partial charge in [-0.05, 0) is 17.8 Å². The van der Waals surface area contributed by atoms with Gasteiger partial charge in [0.1, 0.15) is 0 Å². The molecule has 2 unspecified atom stereocenters. The zero-order valence-electron chi connectivity index (χ0n) is 11.3. The lowest BCUT2D eigenvalue weighted by Gasteiger charge is -2.28. The Hall–Kier alpha value is -1.06. The molecule has 0 radical (unpaired) electrons. The van der Waals surface area contributed by atoms with Crippen molar-refractivity contribution in [3.8, 4) is 0 Å². The molecule has 2 amide bonds. The van der Waals surface area contributed by atoms with Crippen LogP contribution in [-0.4, -0.2) is 24.9 Å². The monoisotopic (exact) mass is 240 g/mol. The Bertz CT molecular complexity index is 284. The number of amides is 2. The number of piperidine rings is 1. The van der Waals surface area contributed by atoms with Crippen LogP contribution in [0.4, 0.5) is 0 Å². The summed E-state index contributed by atoms with van der Waals surface area (Å²) in [7, 11) is 0. The van der Waals surface area contributed by atoms with E-state index in [1.165, 1.54) is 0 Å². The highest BCUT2D eigenvalue weighted by Crippen LogP contribution is 2.24. The van der Waals surface area contributed by atoms with Gasteiger partial charge in [-0.2, -0.15) is 0 Å².